The molecule has 0 atom stereocenters. The fourth-order valence-electron chi connectivity index (χ4n) is 4.01. The van der Waals surface area contributed by atoms with Crippen molar-refractivity contribution in [2.75, 3.05) is 32.1 Å². The Bertz CT molecular complexity index is 726. The van der Waals surface area contributed by atoms with E-state index in [4.69, 9.17) is 4.98 Å². The number of nitrogens with zero attached hydrogens (tertiary/aromatic N) is 3. The predicted octanol–water partition coefficient (Wildman–Crippen LogP) is 2.34. The SMILES string of the molecule is CC(C)NC(=O)c1cc2c(nc1N(C)C)CCN(C(=O)NC1CCCC1)CC2. The van der Waals surface area contributed by atoms with Gasteiger partial charge in [-0.2, -0.15) is 0 Å². The van der Waals surface area contributed by atoms with Gasteiger partial charge in [-0.1, -0.05) is 12.8 Å². The van der Waals surface area contributed by atoms with Crippen molar-refractivity contribution in [1.82, 2.24) is 20.5 Å². The van der Waals surface area contributed by atoms with Crippen LogP contribution in [0.15, 0.2) is 6.07 Å². The molecule has 7 heteroatoms. The smallest absolute Gasteiger partial charge is 0.317 e. The fourth-order valence-corrected chi connectivity index (χ4v) is 4.01. The van der Waals surface area contributed by atoms with E-state index in [0.29, 0.717) is 36.9 Å². The van der Waals surface area contributed by atoms with Crippen LogP contribution < -0.4 is 15.5 Å². The molecule has 2 N–H and O–H groups in total. The molecular formula is C21H33N5O2. The van der Waals surface area contributed by atoms with Gasteiger partial charge < -0.3 is 20.4 Å². The average molecular weight is 388 g/mol. The van der Waals surface area contributed by atoms with Crippen LogP contribution >= 0.6 is 0 Å². The summed E-state index contributed by atoms with van der Waals surface area (Å²) in [7, 11) is 3.80. The van der Waals surface area contributed by atoms with Gasteiger partial charge in [-0.3, -0.25) is 4.79 Å². The van der Waals surface area contributed by atoms with Crippen LogP contribution in [-0.2, 0) is 12.8 Å². The molecule has 0 radical (unpaired) electrons. The minimum absolute atomic E-state index is 0.0327. The third-order valence-electron chi connectivity index (χ3n) is 5.50. The number of aromatic nitrogens is 1. The molecule has 1 aromatic rings. The molecule has 0 bridgehead atoms. The van der Waals surface area contributed by atoms with Gasteiger partial charge in [-0.15, -0.1) is 0 Å². The number of amides is 3. The Morgan fingerprint density at radius 1 is 1.18 bits per heavy atom. The minimum atomic E-state index is -0.103. The lowest BCUT2D eigenvalue weighted by atomic mass is 10.0. The number of hydrogen-bond donors (Lipinski definition) is 2. The summed E-state index contributed by atoms with van der Waals surface area (Å²) < 4.78 is 0. The van der Waals surface area contributed by atoms with Gasteiger partial charge in [0.15, 0.2) is 0 Å². The number of urea groups is 1. The fraction of sp³-hybridized carbons (Fsp3) is 0.667. The number of rotatable bonds is 4. The van der Waals surface area contributed by atoms with E-state index in [0.717, 1.165) is 30.5 Å². The molecule has 0 spiro atoms. The molecule has 2 aliphatic rings. The third-order valence-corrected chi connectivity index (χ3v) is 5.50. The highest BCUT2D eigenvalue weighted by Gasteiger charge is 2.25. The van der Waals surface area contributed by atoms with Crippen LogP contribution in [0.25, 0.3) is 0 Å². The summed E-state index contributed by atoms with van der Waals surface area (Å²) in [5.74, 6) is 0.579. The van der Waals surface area contributed by atoms with Gasteiger partial charge in [-0.25, -0.2) is 9.78 Å². The second-order valence-electron chi connectivity index (χ2n) is 8.41. The summed E-state index contributed by atoms with van der Waals surface area (Å²) in [6.45, 7) is 5.21. The zero-order chi connectivity index (χ0) is 20.3. The van der Waals surface area contributed by atoms with Crippen molar-refractivity contribution in [1.29, 1.82) is 0 Å². The highest BCUT2D eigenvalue weighted by Crippen LogP contribution is 2.24. The monoisotopic (exact) mass is 387 g/mol. The first-order valence-electron chi connectivity index (χ1n) is 10.4. The van der Waals surface area contributed by atoms with E-state index in [2.05, 4.69) is 10.6 Å². The Labute approximate surface area is 167 Å². The lowest BCUT2D eigenvalue weighted by Crippen LogP contribution is -2.45. The first-order chi connectivity index (χ1) is 13.3. The van der Waals surface area contributed by atoms with Crippen molar-refractivity contribution < 1.29 is 9.59 Å². The van der Waals surface area contributed by atoms with E-state index >= 15 is 0 Å². The summed E-state index contributed by atoms with van der Waals surface area (Å²) in [5.41, 5.74) is 2.65. The van der Waals surface area contributed by atoms with Crippen LogP contribution in [0.3, 0.4) is 0 Å². The van der Waals surface area contributed by atoms with Crippen LogP contribution in [0.4, 0.5) is 10.6 Å². The summed E-state index contributed by atoms with van der Waals surface area (Å²) in [6, 6.07) is 2.39. The number of hydrogen-bond acceptors (Lipinski definition) is 4. The van der Waals surface area contributed by atoms with Crippen LogP contribution in [0.1, 0.15) is 61.1 Å². The molecule has 1 aromatic heterocycles. The maximum Gasteiger partial charge on any atom is 0.317 e. The van der Waals surface area contributed by atoms with E-state index in [9.17, 15) is 9.59 Å². The molecule has 7 nitrogen and oxygen atoms in total. The molecule has 28 heavy (non-hydrogen) atoms. The zero-order valence-corrected chi connectivity index (χ0v) is 17.5. The molecule has 0 saturated heterocycles. The van der Waals surface area contributed by atoms with Crippen LogP contribution in [0.2, 0.25) is 0 Å². The summed E-state index contributed by atoms with van der Waals surface area (Å²) >= 11 is 0. The maximum atomic E-state index is 12.7. The number of carbonyl (C=O) groups is 2. The van der Waals surface area contributed by atoms with Crippen molar-refractivity contribution in [2.45, 2.75) is 64.5 Å². The number of nitrogens with one attached hydrogen (secondary N) is 2. The zero-order valence-electron chi connectivity index (χ0n) is 17.5. The maximum absolute atomic E-state index is 12.7. The third kappa shape index (κ3) is 4.75. The van der Waals surface area contributed by atoms with E-state index in [1.807, 2.05) is 43.8 Å². The van der Waals surface area contributed by atoms with Gasteiger partial charge in [0.05, 0.1) is 5.56 Å². The quantitative estimate of drug-likeness (QED) is 0.831. The number of carbonyl (C=O) groups excluding carboxylic acids is 2. The molecule has 1 aliphatic carbocycles. The van der Waals surface area contributed by atoms with Gasteiger partial charge in [0, 0.05) is 51.4 Å². The summed E-state index contributed by atoms with van der Waals surface area (Å²) in [6.07, 6.45) is 6.00. The van der Waals surface area contributed by atoms with Crippen LogP contribution in [-0.4, -0.2) is 61.1 Å². The molecule has 1 aliphatic heterocycles. The Kier molecular flexibility index (Phi) is 6.42. The average Bonchev–Trinajstić information content (AvgIpc) is 3.04. The Morgan fingerprint density at radius 2 is 1.86 bits per heavy atom. The summed E-state index contributed by atoms with van der Waals surface area (Å²) in [4.78, 5) is 33.9. The number of fused-ring (bicyclic) bond motifs is 1. The van der Waals surface area contributed by atoms with E-state index < -0.39 is 0 Å². The molecule has 0 unspecified atom stereocenters. The molecule has 3 amide bonds. The van der Waals surface area contributed by atoms with Gasteiger partial charge in [0.2, 0.25) is 0 Å². The Hall–Kier alpha value is -2.31. The highest BCUT2D eigenvalue weighted by molar-refractivity contribution is 5.99. The van der Waals surface area contributed by atoms with Gasteiger partial charge >= 0.3 is 6.03 Å². The largest absolute Gasteiger partial charge is 0.362 e. The first kappa shape index (κ1) is 20.4. The van der Waals surface area contributed by atoms with Crippen molar-refractivity contribution >= 4 is 17.8 Å². The number of pyridine rings is 1. The highest BCUT2D eigenvalue weighted by atomic mass is 16.2. The Balaban J connectivity index is 1.76. The summed E-state index contributed by atoms with van der Waals surface area (Å²) in [5, 5.41) is 6.14. The van der Waals surface area contributed by atoms with Gasteiger partial charge in [-0.05, 0) is 44.7 Å². The van der Waals surface area contributed by atoms with Crippen LogP contribution in [0.5, 0.6) is 0 Å². The van der Waals surface area contributed by atoms with Crippen molar-refractivity contribution in [3.63, 3.8) is 0 Å². The molecule has 2 heterocycles. The van der Waals surface area contributed by atoms with E-state index in [1.165, 1.54) is 12.8 Å². The van der Waals surface area contributed by atoms with Crippen molar-refractivity contribution in [3.8, 4) is 0 Å². The van der Waals surface area contributed by atoms with Crippen molar-refractivity contribution in [3.05, 3.63) is 22.9 Å². The van der Waals surface area contributed by atoms with Crippen molar-refractivity contribution in [2.24, 2.45) is 0 Å². The second-order valence-corrected chi connectivity index (χ2v) is 8.41. The standard InChI is InChI=1S/C21H33N5O2/c1-14(2)22-20(27)17-13-15-9-11-26(21(28)23-16-7-5-6-8-16)12-10-18(15)24-19(17)25(3)4/h13-14,16H,5-12H2,1-4H3,(H,22,27)(H,23,28). The van der Waals surface area contributed by atoms with Gasteiger partial charge in [0.1, 0.15) is 5.82 Å². The lowest BCUT2D eigenvalue weighted by molar-refractivity contribution is 0.0943. The predicted molar refractivity (Wildman–Crippen MR) is 111 cm³/mol. The minimum Gasteiger partial charge on any atom is -0.362 e. The molecule has 1 fully saturated rings. The molecule has 154 valence electrons. The van der Waals surface area contributed by atoms with Gasteiger partial charge in [0.25, 0.3) is 5.91 Å². The lowest BCUT2D eigenvalue weighted by Gasteiger charge is -2.23. The molecule has 3 rings (SSSR count). The Morgan fingerprint density at radius 3 is 2.50 bits per heavy atom. The molecule has 0 aromatic carbocycles. The normalized spacial score (nSPS) is 17.2. The molecular weight excluding hydrogens is 354 g/mol. The molecule has 1 saturated carbocycles. The van der Waals surface area contributed by atoms with Crippen LogP contribution in [0, 0.1) is 0 Å². The first-order valence-corrected chi connectivity index (χ1v) is 10.4. The topological polar surface area (TPSA) is 77.6 Å². The second kappa shape index (κ2) is 8.80. The van der Waals surface area contributed by atoms with E-state index in [1.54, 1.807) is 0 Å². The van der Waals surface area contributed by atoms with E-state index in [-0.39, 0.29) is 18.0 Å². The number of anilines is 1.